The number of aryl methyl sites for hydroxylation is 2. The average molecular weight is 552 g/mol. The van der Waals surface area contributed by atoms with Crippen molar-refractivity contribution in [1.29, 1.82) is 0 Å². The smallest absolute Gasteiger partial charge is 0.246 e. The maximum absolute atomic E-state index is 14.6. The molecule has 2 atom stereocenters. The zero-order valence-electron chi connectivity index (χ0n) is 21.9. The number of amides is 1. The first kappa shape index (κ1) is 26.7. The van der Waals surface area contributed by atoms with Crippen LogP contribution in [-0.4, -0.2) is 63.2 Å². The van der Waals surface area contributed by atoms with Crippen molar-refractivity contribution in [3.05, 3.63) is 94.5 Å². The summed E-state index contributed by atoms with van der Waals surface area (Å²) >= 11 is 6.23. The van der Waals surface area contributed by atoms with Gasteiger partial charge in [-0.2, -0.15) is 0 Å². The van der Waals surface area contributed by atoms with Gasteiger partial charge in [-0.25, -0.2) is 8.42 Å². The summed E-state index contributed by atoms with van der Waals surface area (Å²) in [5, 5.41) is 3.59. The molecule has 1 N–H and O–H groups in total. The van der Waals surface area contributed by atoms with Crippen molar-refractivity contribution >= 4 is 33.0 Å². The lowest BCUT2D eigenvalue weighted by Gasteiger charge is -2.47. The Bertz CT molecular complexity index is 1420. The summed E-state index contributed by atoms with van der Waals surface area (Å²) in [5.74, 6) is -0.822. The standard InChI is InChI=1S/C30H34ClN3O3S/c1-22-11-12-23(2)28(19-22)33-15-17-34(18-16-33)29(35)30(38(36,37)26-10-6-9-25(31)20-26)21-32-14-13-27(30)24-7-4-3-5-8-24/h3-12,19-20,27,32H,13-18,21H2,1-2H3/t27-,30+/m0/s1. The highest BCUT2D eigenvalue weighted by atomic mass is 35.5. The van der Waals surface area contributed by atoms with Crippen LogP contribution in [0, 0.1) is 13.8 Å². The first-order valence-corrected chi connectivity index (χ1v) is 15.0. The highest BCUT2D eigenvalue weighted by Crippen LogP contribution is 2.44. The van der Waals surface area contributed by atoms with Gasteiger partial charge in [0.05, 0.1) is 4.90 Å². The summed E-state index contributed by atoms with van der Waals surface area (Å²) in [6.07, 6.45) is 0.540. The molecule has 0 unspecified atom stereocenters. The highest BCUT2D eigenvalue weighted by molar-refractivity contribution is 7.93. The predicted octanol–water partition coefficient (Wildman–Crippen LogP) is 4.60. The molecule has 2 aliphatic heterocycles. The molecule has 2 fully saturated rings. The highest BCUT2D eigenvalue weighted by Gasteiger charge is 2.59. The van der Waals surface area contributed by atoms with Crippen molar-refractivity contribution in [1.82, 2.24) is 10.2 Å². The zero-order chi connectivity index (χ0) is 26.9. The molecule has 3 aromatic carbocycles. The van der Waals surface area contributed by atoms with Crippen LogP contribution < -0.4 is 10.2 Å². The van der Waals surface area contributed by atoms with Gasteiger partial charge in [-0.3, -0.25) is 4.79 Å². The van der Waals surface area contributed by atoms with Gasteiger partial charge in [-0.15, -0.1) is 0 Å². The van der Waals surface area contributed by atoms with Crippen LogP contribution in [0.15, 0.2) is 77.7 Å². The van der Waals surface area contributed by atoms with E-state index in [1.54, 1.807) is 23.1 Å². The minimum atomic E-state index is -4.12. The topological polar surface area (TPSA) is 69.7 Å². The van der Waals surface area contributed by atoms with E-state index in [4.69, 9.17) is 11.6 Å². The van der Waals surface area contributed by atoms with Crippen LogP contribution in [0.25, 0.3) is 0 Å². The number of hydrogen-bond acceptors (Lipinski definition) is 5. The number of hydrogen-bond donors (Lipinski definition) is 1. The average Bonchev–Trinajstić information content (AvgIpc) is 2.94. The Labute approximate surface area is 230 Å². The largest absolute Gasteiger partial charge is 0.368 e. The van der Waals surface area contributed by atoms with E-state index < -0.39 is 20.5 Å². The number of piperidine rings is 1. The monoisotopic (exact) mass is 551 g/mol. The zero-order valence-corrected chi connectivity index (χ0v) is 23.4. The molecule has 0 bridgehead atoms. The number of halogens is 1. The van der Waals surface area contributed by atoms with E-state index in [0.717, 1.165) is 5.56 Å². The van der Waals surface area contributed by atoms with Gasteiger partial charge in [0.25, 0.3) is 0 Å². The first-order valence-electron chi connectivity index (χ1n) is 13.1. The molecule has 2 aliphatic rings. The fourth-order valence-electron chi connectivity index (χ4n) is 5.94. The Balaban J connectivity index is 1.54. The van der Waals surface area contributed by atoms with E-state index in [1.807, 2.05) is 30.3 Å². The van der Waals surface area contributed by atoms with Crippen molar-refractivity contribution in [2.24, 2.45) is 0 Å². The molecule has 3 aromatic rings. The number of nitrogens with one attached hydrogen (secondary N) is 1. The molecule has 200 valence electrons. The van der Waals surface area contributed by atoms with Crippen molar-refractivity contribution in [3.63, 3.8) is 0 Å². The van der Waals surface area contributed by atoms with Crippen molar-refractivity contribution in [2.45, 2.75) is 35.8 Å². The Morgan fingerprint density at radius 1 is 0.947 bits per heavy atom. The normalized spacial score (nSPS) is 22.3. The summed E-state index contributed by atoms with van der Waals surface area (Å²) in [7, 11) is -4.12. The lowest BCUT2D eigenvalue weighted by Crippen LogP contribution is -2.66. The van der Waals surface area contributed by atoms with Crippen molar-refractivity contribution in [2.75, 3.05) is 44.2 Å². The number of sulfone groups is 1. The Kier molecular flexibility index (Phi) is 7.54. The van der Waals surface area contributed by atoms with Crippen LogP contribution in [-0.2, 0) is 14.6 Å². The quantitative estimate of drug-likeness (QED) is 0.502. The summed E-state index contributed by atoms with van der Waals surface area (Å²) in [5.41, 5.74) is 4.41. The number of anilines is 1. The summed E-state index contributed by atoms with van der Waals surface area (Å²) < 4.78 is 27.4. The van der Waals surface area contributed by atoms with Gasteiger partial charge in [0.2, 0.25) is 5.91 Å². The maximum Gasteiger partial charge on any atom is 0.246 e. The number of piperazine rings is 1. The SMILES string of the molecule is Cc1ccc(C)c(N2CCN(C(=O)[C@@]3(S(=O)(=O)c4cccc(Cl)c4)CNCC[C@H]3c3ccccc3)CC2)c1. The first-order chi connectivity index (χ1) is 18.2. The number of rotatable bonds is 5. The Morgan fingerprint density at radius 2 is 1.68 bits per heavy atom. The molecule has 6 nitrogen and oxygen atoms in total. The maximum atomic E-state index is 14.6. The van der Waals surface area contributed by atoms with Gasteiger partial charge < -0.3 is 15.1 Å². The molecule has 8 heteroatoms. The lowest BCUT2D eigenvalue weighted by molar-refractivity contribution is -0.135. The molecule has 5 rings (SSSR count). The number of nitrogens with zero attached hydrogens (tertiary/aromatic N) is 2. The van der Waals surface area contributed by atoms with Crippen LogP contribution in [0.2, 0.25) is 5.02 Å². The van der Waals surface area contributed by atoms with Crippen LogP contribution >= 0.6 is 11.6 Å². The second-order valence-corrected chi connectivity index (χ2v) is 13.0. The molecular weight excluding hydrogens is 518 g/mol. The molecule has 38 heavy (non-hydrogen) atoms. The van der Waals surface area contributed by atoms with E-state index in [-0.39, 0.29) is 17.3 Å². The molecule has 0 radical (unpaired) electrons. The molecule has 2 heterocycles. The van der Waals surface area contributed by atoms with Crippen LogP contribution in [0.1, 0.15) is 29.0 Å². The van der Waals surface area contributed by atoms with Gasteiger partial charge in [-0.05, 0) is 67.8 Å². The molecule has 1 amide bonds. The number of carbonyl (C=O) groups excluding carboxylic acids is 1. The Morgan fingerprint density at radius 3 is 2.39 bits per heavy atom. The second-order valence-electron chi connectivity index (χ2n) is 10.3. The summed E-state index contributed by atoms with van der Waals surface area (Å²) in [4.78, 5) is 18.7. The lowest BCUT2D eigenvalue weighted by atomic mass is 9.79. The van der Waals surface area contributed by atoms with E-state index >= 15 is 0 Å². The minimum Gasteiger partial charge on any atom is -0.368 e. The second kappa shape index (κ2) is 10.7. The molecule has 0 spiro atoms. The van der Waals surface area contributed by atoms with Crippen molar-refractivity contribution < 1.29 is 13.2 Å². The van der Waals surface area contributed by atoms with E-state index in [2.05, 4.69) is 42.3 Å². The summed E-state index contributed by atoms with van der Waals surface area (Å²) in [6, 6.07) is 22.3. The molecular formula is C30H34ClN3O3S. The van der Waals surface area contributed by atoms with Gasteiger partial charge in [0, 0.05) is 49.4 Å². The third kappa shape index (κ3) is 4.72. The molecule has 0 aliphatic carbocycles. The molecule has 2 saturated heterocycles. The van der Waals surface area contributed by atoms with Gasteiger partial charge >= 0.3 is 0 Å². The van der Waals surface area contributed by atoms with Gasteiger partial charge in [0.15, 0.2) is 14.6 Å². The third-order valence-electron chi connectivity index (χ3n) is 7.98. The predicted molar refractivity (Wildman–Crippen MR) is 153 cm³/mol. The Hall–Kier alpha value is -2.87. The third-order valence-corrected chi connectivity index (χ3v) is 10.7. The van der Waals surface area contributed by atoms with Gasteiger partial charge in [-0.1, -0.05) is 60.1 Å². The number of carbonyl (C=O) groups is 1. The van der Waals surface area contributed by atoms with Gasteiger partial charge in [0.1, 0.15) is 0 Å². The van der Waals surface area contributed by atoms with E-state index in [0.29, 0.717) is 44.2 Å². The fourth-order valence-corrected chi connectivity index (χ4v) is 8.44. The molecule has 0 aromatic heterocycles. The van der Waals surface area contributed by atoms with Crippen LogP contribution in [0.3, 0.4) is 0 Å². The van der Waals surface area contributed by atoms with Crippen LogP contribution in [0.5, 0.6) is 0 Å². The molecule has 0 saturated carbocycles. The minimum absolute atomic E-state index is 0.0530. The van der Waals surface area contributed by atoms with E-state index in [9.17, 15) is 13.2 Å². The van der Waals surface area contributed by atoms with E-state index in [1.165, 1.54) is 22.9 Å². The number of benzene rings is 3. The van der Waals surface area contributed by atoms with Crippen LogP contribution in [0.4, 0.5) is 5.69 Å². The van der Waals surface area contributed by atoms with Crippen molar-refractivity contribution in [3.8, 4) is 0 Å². The summed E-state index contributed by atoms with van der Waals surface area (Å²) in [6.45, 7) is 7.07. The fraction of sp³-hybridized carbons (Fsp3) is 0.367.